The summed E-state index contributed by atoms with van der Waals surface area (Å²) in [7, 11) is 0. The summed E-state index contributed by atoms with van der Waals surface area (Å²) in [6.07, 6.45) is 0.906. The normalized spacial score (nSPS) is 16.3. The van der Waals surface area contributed by atoms with E-state index < -0.39 is 0 Å². The van der Waals surface area contributed by atoms with Crippen LogP contribution in [0, 0.1) is 0 Å². The second kappa shape index (κ2) is 7.03. The molecule has 3 nitrogen and oxygen atoms in total. The number of nitrogens with zero attached hydrogens (tertiary/aromatic N) is 2. The zero-order valence-electron chi connectivity index (χ0n) is 14.4. The van der Waals surface area contributed by atoms with Gasteiger partial charge in [-0.3, -0.25) is 4.79 Å². The van der Waals surface area contributed by atoms with Crippen molar-refractivity contribution < 1.29 is 4.79 Å². The smallest absolute Gasteiger partial charge is 0.274 e. The van der Waals surface area contributed by atoms with E-state index in [1.165, 1.54) is 21.8 Å². The predicted octanol–water partition coefficient (Wildman–Crippen LogP) is 5.72. The van der Waals surface area contributed by atoms with E-state index in [2.05, 4.69) is 33.9 Å². The third-order valence-electron chi connectivity index (χ3n) is 4.83. The molecule has 1 unspecified atom stereocenters. The van der Waals surface area contributed by atoms with Gasteiger partial charge >= 0.3 is 0 Å². The van der Waals surface area contributed by atoms with Crippen molar-refractivity contribution in [1.29, 1.82) is 0 Å². The summed E-state index contributed by atoms with van der Waals surface area (Å²) in [6, 6.07) is 14.5. The maximum atomic E-state index is 13.4. The van der Waals surface area contributed by atoms with Crippen LogP contribution in [0.4, 0.5) is 0 Å². The fourth-order valence-electron chi connectivity index (χ4n) is 3.57. The van der Waals surface area contributed by atoms with Gasteiger partial charge in [0.15, 0.2) is 0 Å². The zero-order valence-corrected chi connectivity index (χ0v) is 16.8. The fraction of sp³-hybridized carbons (Fsp3) is 0.143. The van der Waals surface area contributed by atoms with Gasteiger partial charge in [-0.25, -0.2) is 4.98 Å². The molecule has 4 aromatic rings. The van der Waals surface area contributed by atoms with Gasteiger partial charge in [-0.05, 0) is 40.4 Å². The van der Waals surface area contributed by atoms with Gasteiger partial charge in [0.1, 0.15) is 10.7 Å². The molecule has 27 heavy (non-hydrogen) atoms. The molecule has 1 atom stereocenters. The van der Waals surface area contributed by atoms with Crippen LogP contribution < -0.4 is 0 Å². The van der Waals surface area contributed by atoms with E-state index in [4.69, 9.17) is 0 Å². The first kappa shape index (κ1) is 16.9. The third kappa shape index (κ3) is 3.04. The minimum atomic E-state index is -0.0417. The molecule has 1 amide bonds. The van der Waals surface area contributed by atoms with Crippen molar-refractivity contribution >= 4 is 39.9 Å². The van der Waals surface area contributed by atoms with Gasteiger partial charge < -0.3 is 4.90 Å². The largest absolute Gasteiger partial charge is 0.326 e. The van der Waals surface area contributed by atoms with Crippen LogP contribution >= 0.6 is 34.0 Å². The number of aromatic nitrogens is 1. The number of fused-ring (bicyclic) bond motifs is 1. The van der Waals surface area contributed by atoms with Crippen molar-refractivity contribution in [2.75, 3.05) is 6.54 Å². The van der Waals surface area contributed by atoms with Crippen LogP contribution in [0.25, 0.3) is 10.6 Å². The molecule has 6 heteroatoms. The SMILES string of the molecule is O=C(c1csc(-c2ccsc2)n1)N1CCc2sccc2C1c1ccccc1. The second-order valence-corrected chi connectivity index (χ2v) is 9.05. The molecule has 0 saturated heterocycles. The van der Waals surface area contributed by atoms with Gasteiger partial charge in [-0.15, -0.1) is 22.7 Å². The molecule has 0 N–H and O–H groups in total. The van der Waals surface area contributed by atoms with Crippen molar-refractivity contribution in [3.63, 3.8) is 0 Å². The number of amides is 1. The molecule has 134 valence electrons. The first-order chi connectivity index (χ1) is 13.3. The molecule has 0 aliphatic carbocycles. The highest BCUT2D eigenvalue weighted by atomic mass is 32.1. The van der Waals surface area contributed by atoms with Crippen molar-refractivity contribution in [1.82, 2.24) is 9.88 Å². The van der Waals surface area contributed by atoms with Crippen molar-refractivity contribution in [2.24, 2.45) is 0 Å². The van der Waals surface area contributed by atoms with Crippen LogP contribution in [0.2, 0.25) is 0 Å². The maximum Gasteiger partial charge on any atom is 0.274 e. The molecule has 4 heterocycles. The second-order valence-electron chi connectivity index (χ2n) is 6.41. The summed E-state index contributed by atoms with van der Waals surface area (Å²) in [4.78, 5) is 21.4. The Morgan fingerprint density at radius 2 is 1.93 bits per heavy atom. The third-order valence-corrected chi connectivity index (χ3v) is 7.40. The Labute approximate surface area is 169 Å². The Kier molecular flexibility index (Phi) is 4.39. The van der Waals surface area contributed by atoms with Crippen LogP contribution in [0.1, 0.15) is 32.5 Å². The zero-order chi connectivity index (χ0) is 18.2. The van der Waals surface area contributed by atoms with Crippen molar-refractivity contribution in [3.8, 4) is 10.6 Å². The summed E-state index contributed by atoms with van der Waals surface area (Å²) in [5.74, 6) is 0.0124. The molecule has 3 aromatic heterocycles. The lowest BCUT2D eigenvalue weighted by Gasteiger charge is -2.36. The van der Waals surface area contributed by atoms with E-state index in [1.54, 1.807) is 22.7 Å². The van der Waals surface area contributed by atoms with E-state index in [0.717, 1.165) is 29.1 Å². The number of carbonyl (C=O) groups excluding carboxylic acids is 1. The van der Waals surface area contributed by atoms with E-state index in [1.807, 2.05) is 39.9 Å². The minimum absolute atomic E-state index is 0.0124. The molecule has 0 saturated carbocycles. The monoisotopic (exact) mass is 408 g/mol. The average Bonchev–Trinajstić information content (AvgIpc) is 3.48. The standard InChI is InChI=1S/C21H16N2OS3/c24-21(17-13-27-20(22-17)15-7-10-25-12-15)23-9-6-18-16(8-11-26-18)19(23)14-4-2-1-3-5-14/h1-5,7-8,10-13,19H,6,9H2. The number of hydrogen-bond donors (Lipinski definition) is 0. The first-order valence-corrected chi connectivity index (χ1v) is 11.4. The quantitative estimate of drug-likeness (QED) is 0.434. The van der Waals surface area contributed by atoms with Crippen LogP contribution in [-0.4, -0.2) is 22.3 Å². The van der Waals surface area contributed by atoms with Crippen LogP contribution in [-0.2, 0) is 6.42 Å². The van der Waals surface area contributed by atoms with Gasteiger partial charge in [0.05, 0.1) is 6.04 Å². The molecule has 1 aliphatic rings. The van der Waals surface area contributed by atoms with Gasteiger partial charge in [-0.1, -0.05) is 30.3 Å². The molecular formula is C21H16N2OS3. The Morgan fingerprint density at radius 3 is 2.74 bits per heavy atom. The number of hydrogen-bond acceptors (Lipinski definition) is 5. The van der Waals surface area contributed by atoms with Crippen LogP contribution in [0.5, 0.6) is 0 Å². The lowest BCUT2D eigenvalue weighted by atomic mass is 9.93. The van der Waals surface area contributed by atoms with E-state index in [9.17, 15) is 4.79 Å². The fourth-order valence-corrected chi connectivity index (χ4v) is 5.98. The van der Waals surface area contributed by atoms with E-state index in [-0.39, 0.29) is 11.9 Å². The summed E-state index contributed by atoms with van der Waals surface area (Å²) in [5, 5.41) is 9.03. The summed E-state index contributed by atoms with van der Waals surface area (Å²) >= 11 is 4.96. The number of rotatable bonds is 3. The first-order valence-electron chi connectivity index (χ1n) is 8.71. The molecular weight excluding hydrogens is 392 g/mol. The number of carbonyl (C=O) groups is 1. The predicted molar refractivity (Wildman–Crippen MR) is 113 cm³/mol. The molecule has 1 aromatic carbocycles. The molecule has 5 rings (SSSR count). The highest BCUT2D eigenvalue weighted by Crippen LogP contribution is 2.38. The molecule has 0 bridgehead atoms. The van der Waals surface area contributed by atoms with Gasteiger partial charge in [-0.2, -0.15) is 11.3 Å². The topological polar surface area (TPSA) is 33.2 Å². The average molecular weight is 409 g/mol. The molecule has 0 fully saturated rings. The summed E-state index contributed by atoms with van der Waals surface area (Å²) in [5.41, 5.74) is 4.03. The highest BCUT2D eigenvalue weighted by molar-refractivity contribution is 7.14. The van der Waals surface area contributed by atoms with Gasteiger partial charge in [0, 0.05) is 27.7 Å². The summed E-state index contributed by atoms with van der Waals surface area (Å²) in [6.45, 7) is 0.719. The molecule has 0 radical (unpaired) electrons. The van der Waals surface area contributed by atoms with Gasteiger partial charge in [0.25, 0.3) is 5.91 Å². The van der Waals surface area contributed by atoms with E-state index >= 15 is 0 Å². The Hall–Kier alpha value is -2.28. The van der Waals surface area contributed by atoms with Crippen LogP contribution in [0.15, 0.2) is 64.0 Å². The van der Waals surface area contributed by atoms with Crippen LogP contribution in [0.3, 0.4) is 0 Å². The Morgan fingerprint density at radius 1 is 1.04 bits per heavy atom. The van der Waals surface area contributed by atoms with Gasteiger partial charge in [0.2, 0.25) is 0 Å². The summed E-state index contributed by atoms with van der Waals surface area (Å²) < 4.78 is 0. The lowest BCUT2D eigenvalue weighted by Crippen LogP contribution is -2.40. The van der Waals surface area contributed by atoms with Crippen molar-refractivity contribution in [2.45, 2.75) is 12.5 Å². The number of thiophene rings is 2. The van der Waals surface area contributed by atoms with E-state index in [0.29, 0.717) is 5.69 Å². The highest BCUT2D eigenvalue weighted by Gasteiger charge is 2.34. The Balaban J connectivity index is 1.52. The lowest BCUT2D eigenvalue weighted by molar-refractivity contribution is 0.0691. The Bertz CT molecular complexity index is 1070. The maximum absolute atomic E-state index is 13.4. The number of benzene rings is 1. The molecule has 1 aliphatic heterocycles. The number of thiazole rings is 1. The molecule has 0 spiro atoms. The minimum Gasteiger partial charge on any atom is -0.326 e. The van der Waals surface area contributed by atoms with Crippen molar-refractivity contribution in [3.05, 3.63) is 85.7 Å².